The lowest BCUT2D eigenvalue weighted by molar-refractivity contribution is -0.136. The second-order valence-corrected chi connectivity index (χ2v) is 4.15. The van der Waals surface area contributed by atoms with E-state index in [1.807, 2.05) is 0 Å². The Morgan fingerprint density at radius 3 is 2.79 bits per heavy atom. The van der Waals surface area contributed by atoms with Gasteiger partial charge in [-0.25, -0.2) is 8.78 Å². The average Bonchev–Trinajstić information content (AvgIpc) is 2.71. The van der Waals surface area contributed by atoms with Crippen LogP contribution in [0.3, 0.4) is 0 Å². The molecule has 2 rings (SSSR count). The number of carboxylic acids is 1. The van der Waals surface area contributed by atoms with Gasteiger partial charge in [0, 0.05) is 30.3 Å². The van der Waals surface area contributed by atoms with E-state index in [9.17, 15) is 13.6 Å². The summed E-state index contributed by atoms with van der Waals surface area (Å²) >= 11 is 0. The fourth-order valence-corrected chi connectivity index (χ4v) is 1.91. The van der Waals surface area contributed by atoms with Gasteiger partial charge < -0.3 is 5.11 Å². The van der Waals surface area contributed by atoms with Crippen LogP contribution in [0.5, 0.6) is 0 Å². The van der Waals surface area contributed by atoms with Gasteiger partial charge in [-0.3, -0.25) is 9.48 Å². The molecule has 6 heteroatoms. The van der Waals surface area contributed by atoms with Gasteiger partial charge in [-0.2, -0.15) is 5.10 Å². The maximum Gasteiger partial charge on any atom is 0.303 e. The number of hydrogen-bond acceptors (Lipinski definition) is 2. The second-order valence-electron chi connectivity index (χ2n) is 4.15. The van der Waals surface area contributed by atoms with Crippen molar-refractivity contribution in [3.63, 3.8) is 0 Å². The van der Waals surface area contributed by atoms with Crippen molar-refractivity contribution in [1.29, 1.82) is 0 Å². The number of benzene rings is 1. The zero-order valence-corrected chi connectivity index (χ0v) is 10.2. The van der Waals surface area contributed by atoms with E-state index in [-0.39, 0.29) is 18.4 Å². The molecule has 100 valence electrons. The van der Waals surface area contributed by atoms with Crippen molar-refractivity contribution in [2.75, 3.05) is 0 Å². The molecule has 0 aliphatic heterocycles. The molecule has 0 aliphatic rings. The third-order valence-corrected chi connectivity index (χ3v) is 2.86. The van der Waals surface area contributed by atoms with Crippen LogP contribution in [0.1, 0.15) is 12.1 Å². The predicted octanol–water partition coefficient (Wildman–Crippen LogP) is 2.38. The number of carbonyl (C=O) groups is 1. The zero-order valence-electron chi connectivity index (χ0n) is 10.2. The Hall–Kier alpha value is -2.24. The van der Waals surface area contributed by atoms with Gasteiger partial charge in [-0.15, -0.1) is 0 Å². The van der Waals surface area contributed by atoms with Crippen LogP contribution in [0, 0.1) is 11.6 Å². The second kappa shape index (κ2) is 5.17. The third kappa shape index (κ3) is 2.78. The summed E-state index contributed by atoms with van der Waals surface area (Å²) < 4.78 is 28.4. The van der Waals surface area contributed by atoms with E-state index in [0.29, 0.717) is 11.3 Å². The largest absolute Gasteiger partial charge is 0.481 e. The summed E-state index contributed by atoms with van der Waals surface area (Å²) in [6.45, 7) is 0. The van der Waals surface area contributed by atoms with Crippen LogP contribution >= 0.6 is 0 Å². The van der Waals surface area contributed by atoms with Crippen LogP contribution < -0.4 is 0 Å². The maximum atomic E-state index is 13.7. The van der Waals surface area contributed by atoms with Crippen molar-refractivity contribution in [2.24, 2.45) is 7.05 Å². The Kier molecular flexibility index (Phi) is 3.59. The highest BCUT2D eigenvalue weighted by atomic mass is 19.1. The number of hydrogen-bond donors (Lipinski definition) is 1. The lowest BCUT2D eigenvalue weighted by Crippen LogP contribution is -2.04. The van der Waals surface area contributed by atoms with Crippen LogP contribution in [-0.4, -0.2) is 20.9 Å². The molecule has 0 fully saturated rings. The van der Waals surface area contributed by atoms with Crippen LogP contribution in [-0.2, 0) is 18.3 Å². The number of aliphatic carboxylic acids is 1. The third-order valence-electron chi connectivity index (χ3n) is 2.86. The smallest absolute Gasteiger partial charge is 0.303 e. The highest BCUT2D eigenvalue weighted by Gasteiger charge is 2.15. The first-order chi connectivity index (χ1) is 8.99. The Bertz CT molecular complexity index is 623. The molecule has 1 aromatic carbocycles. The number of aryl methyl sites for hydroxylation is 1. The number of aromatic nitrogens is 2. The lowest BCUT2D eigenvalue weighted by atomic mass is 10.0. The molecule has 4 nitrogen and oxygen atoms in total. The SMILES string of the molecule is Cn1ncc(-c2cc(F)ccc2F)c1CCC(=O)O. The Morgan fingerprint density at radius 1 is 1.37 bits per heavy atom. The summed E-state index contributed by atoms with van der Waals surface area (Å²) in [6, 6.07) is 3.15. The van der Waals surface area contributed by atoms with Gasteiger partial charge in [0.05, 0.1) is 12.6 Å². The van der Waals surface area contributed by atoms with Gasteiger partial charge in [0.2, 0.25) is 0 Å². The summed E-state index contributed by atoms with van der Waals surface area (Å²) in [5.74, 6) is -2.07. The fraction of sp³-hybridized carbons (Fsp3) is 0.231. The summed E-state index contributed by atoms with van der Waals surface area (Å²) in [5.41, 5.74) is 1.07. The van der Waals surface area contributed by atoms with Gasteiger partial charge in [-0.1, -0.05) is 0 Å². The van der Waals surface area contributed by atoms with E-state index in [1.54, 1.807) is 7.05 Å². The number of rotatable bonds is 4. The van der Waals surface area contributed by atoms with Gasteiger partial charge >= 0.3 is 5.97 Å². The first-order valence-electron chi connectivity index (χ1n) is 5.67. The van der Waals surface area contributed by atoms with Crippen molar-refractivity contribution in [1.82, 2.24) is 9.78 Å². The number of nitrogens with zero attached hydrogens (tertiary/aromatic N) is 2. The topological polar surface area (TPSA) is 55.1 Å². The standard InChI is InChI=1S/C13H12F2N2O2/c1-17-12(4-5-13(18)19)10(7-16-17)9-6-8(14)2-3-11(9)15/h2-3,6-7H,4-5H2,1H3,(H,18,19). The average molecular weight is 266 g/mol. The highest BCUT2D eigenvalue weighted by molar-refractivity contribution is 5.69. The van der Waals surface area contributed by atoms with Crippen molar-refractivity contribution in [3.8, 4) is 11.1 Å². The molecule has 0 saturated carbocycles. The van der Waals surface area contributed by atoms with E-state index < -0.39 is 17.6 Å². The molecule has 0 radical (unpaired) electrons. The van der Waals surface area contributed by atoms with E-state index in [2.05, 4.69) is 5.10 Å². The van der Waals surface area contributed by atoms with E-state index in [1.165, 1.54) is 10.9 Å². The van der Waals surface area contributed by atoms with E-state index >= 15 is 0 Å². The predicted molar refractivity (Wildman–Crippen MR) is 64.5 cm³/mol. The molecular weight excluding hydrogens is 254 g/mol. The molecule has 0 saturated heterocycles. The van der Waals surface area contributed by atoms with Crippen LogP contribution in [0.2, 0.25) is 0 Å². The maximum absolute atomic E-state index is 13.7. The van der Waals surface area contributed by atoms with Crippen LogP contribution in [0.4, 0.5) is 8.78 Å². The van der Waals surface area contributed by atoms with Crippen LogP contribution in [0.15, 0.2) is 24.4 Å². The quantitative estimate of drug-likeness (QED) is 0.924. The number of carboxylic acid groups (broad SMARTS) is 1. The van der Waals surface area contributed by atoms with Crippen molar-refractivity contribution < 1.29 is 18.7 Å². The fourth-order valence-electron chi connectivity index (χ4n) is 1.91. The summed E-state index contributed by atoms with van der Waals surface area (Å²) in [4.78, 5) is 10.6. The van der Waals surface area contributed by atoms with Gasteiger partial charge in [-0.05, 0) is 18.2 Å². The molecule has 19 heavy (non-hydrogen) atoms. The van der Waals surface area contributed by atoms with Crippen molar-refractivity contribution in [3.05, 3.63) is 41.7 Å². The Balaban J connectivity index is 2.44. The minimum absolute atomic E-state index is 0.0912. The molecule has 0 aliphatic carbocycles. The summed E-state index contributed by atoms with van der Waals surface area (Å²) in [7, 11) is 1.64. The normalized spacial score (nSPS) is 10.7. The van der Waals surface area contributed by atoms with Gasteiger partial charge in [0.1, 0.15) is 11.6 Å². The van der Waals surface area contributed by atoms with Gasteiger partial charge in [0.25, 0.3) is 0 Å². The van der Waals surface area contributed by atoms with Crippen molar-refractivity contribution >= 4 is 5.97 Å². The zero-order chi connectivity index (χ0) is 14.0. The summed E-state index contributed by atoms with van der Waals surface area (Å²) in [6.07, 6.45) is 1.52. The van der Waals surface area contributed by atoms with Gasteiger partial charge in [0.15, 0.2) is 0 Å². The van der Waals surface area contributed by atoms with Crippen LogP contribution in [0.25, 0.3) is 11.1 Å². The molecule has 0 spiro atoms. The highest BCUT2D eigenvalue weighted by Crippen LogP contribution is 2.27. The molecule has 2 aromatic rings. The van der Waals surface area contributed by atoms with E-state index in [0.717, 1.165) is 18.2 Å². The molecule has 1 aromatic heterocycles. The Labute approximate surface area is 108 Å². The Morgan fingerprint density at radius 2 is 2.11 bits per heavy atom. The minimum Gasteiger partial charge on any atom is -0.481 e. The molecular formula is C13H12F2N2O2. The molecule has 1 heterocycles. The first kappa shape index (κ1) is 13.2. The monoisotopic (exact) mass is 266 g/mol. The summed E-state index contributed by atoms with van der Waals surface area (Å²) in [5, 5.41) is 12.7. The molecule has 0 atom stereocenters. The molecule has 0 amide bonds. The minimum atomic E-state index is -0.952. The number of halogens is 2. The van der Waals surface area contributed by atoms with Crippen molar-refractivity contribution in [2.45, 2.75) is 12.8 Å². The molecule has 1 N–H and O–H groups in total. The first-order valence-corrected chi connectivity index (χ1v) is 5.67. The van der Waals surface area contributed by atoms with E-state index in [4.69, 9.17) is 5.11 Å². The molecule has 0 unspecified atom stereocenters. The molecule has 0 bridgehead atoms. The lowest BCUT2D eigenvalue weighted by Gasteiger charge is -2.06.